The number of alkyl halides is 4. The molecule has 1 aliphatic rings. The first kappa shape index (κ1) is 16.2. The van der Waals surface area contributed by atoms with E-state index in [1.165, 1.54) is 6.07 Å². The van der Waals surface area contributed by atoms with E-state index < -0.39 is 23.4 Å². The van der Waals surface area contributed by atoms with Crippen LogP contribution in [0.2, 0.25) is 0 Å². The summed E-state index contributed by atoms with van der Waals surface area (Å²) in [6, 6.07) is 2.72. The summed E-state index contributed by atoms with van der Waals surface area (Å²) in [5.41, 5.74) is 1.38. The number of hydrogen-bond acceptors (Lipinski definition) is 2. The Morgan fingerprint density at radius 2 is 2.05 bits per heavy atom. The summed E-state index contributed by atoms with van der Waals surface area (Å²) in [4.78, 5) is 10.5. The van der Waals surface area contributed by atoms with E-state index >= 15 is 0 Å². The van der Waals surface area contributed by atoms with Crippen LogP contribution in [0.15, 0.2) is 12.1 Å². The van der Waals surface area contributed by atoms with Crippen molar-refractivity contribution < 1.29 is 27.1 Å². The Hall–Kier alpha value is -1.15. The van der Waals surface area contributed by atoms with Gasteiger partial charge in [0.25, 0.3) is 0 Å². The molecule has 0 aliphatic carbocycles. The van der Waals surface area contributed by atoms with Gasteiger partial charge < -0.3 is 10.1 Å². The molecule has 1 N–H and O–H groups in total. The van der Waals surface area contributed by atoms with Gasteiger partial charge in [-0.3, -0.25) is 4.79 Å². The number of ether oxygens (including phenoxy) is 1. The number of amides is 1. The molecule has 8 heteroatoms. The second kappa shape index (κ2) is 6.31. The van der Waals surface area contributed by atoms with Crippen molar-refractivity contribution in [2.45, 2.75) is 23.8 Å². The third-order valence-electron chi connectivity index (χ3n) is 2.99. The Bertz CT molecular complexity index is 548. The molecule has 116 valence electrons. The molecule has 1 atom stereocenters. The highest BCUT2D eigenvalue weighted by molar-refractivity contribution is 9.09. The molecule has 0 saturated heterocycles. The maximum atomic E-state index is 14.0. The zero-order chi connectivity index (χ0) is 15.6. The van der Waals surface area contributed by atoms with Gasteiger partial charge in [-0.2, -0.15) is 13.2 Å². The number of anilines is 1. The van der Waals surface area contributed by atoms with Crippen molar-refractivity contribution in [1.29, 1.82) is 0 Å². The summed E-state index contributed by atoms with van der Waals surface area (Å²) in [5.74, 6) is -0.785. The van der Waals surface area contributed by atoms with Crippen molar-refractivity contribution in [1.82, 2.24) is 0 Å². The van der Waals surface area contributed by atoms with Crippen LogP contribution in [0, 0.1) is 5.82 Å². The van der Waals surface area contributed by atoms with Crippen LogP contribution >= 0.6 is 15.9 Å². The fourth-order valence-corrected chi connectivity index (χ4v) is 2.57. The van der Waals surface area contributed by atoms with Crippen LogP contribution in [0.25, 0.3) is 0 Å². The molecule has 1 aromatic carbocycles. The number of carbonyl (C=O) groups excluding carboxylic acids is 1. The monoisotopic (exact) mass is 369 g/mol. The summed E-state index contributed by atoms with van der Waals surface area (Å²) in [6.07, 6.45) is -3.64. The summed E-state index contributed by atoms with van der Waals surface area (Å²) in [5, 5.41) is 2.56. The molecule has 0 saturated carbocycles. The van der Waals surface area contributed by atoms with Gasteiger partial charge in [0, 0.05) is 17.7 Å². The number of carbonyl (C=O) groups is 1. The molecule has 1 amide bonds. The number of halogens is 5. The van der Waals surface area contributed by atoms with E-state index in [0.717, 1.165) is 5.56 Å². The highest BCUT2D eigenvalue weighted by Crippen LogP contribution is 2.32. The standard InChI is InChI=1S/C13H12BrF4NO2/c14-9(5-21-6-13(16,17)18)8-3-7-1-2-12(20)19-11(7)4-10(8)15/h3-4,9H,1-2,5-6H2,(H,19,20). The van der Waals surface area contributed by atoms with E-state index in [2.05, 4.69) is 26.0 Å². The Morgan fingerprint density at radius 1 is 1.33 bits per heavy atom. The van der Waals surface area contributed by atoms with Crippen LogP contribution in [0.5, 0.6) is 0 Å². The molecule has 1 unspecified atom stereocenters. The number of rotatable bonds is 4. The molecule has 1 aromatic rings. The van der Waals surface area contributed by atoms with E-state index in [9.17, 15) is 22.4 Å². The smallest absolute Gasteiger partial charge is 0.371 e. The summed E-state index contributed by atoms with van der Waals surface area (Å²) in [6.45, 7) is -1.68. The first-order valence-corrected chi connectivity index (χ1v) is 7.08. The summed E-state index contributed by atoms with van der Waals surface area (Å²) in [7, 11) is 0. The van der Waals surface area contributed by atoms with Crippen molar-refractivity contribution in [3.8, 4) is 0 Å². The van der Waals surface area contributed by atoms with Crippen molar-refractivity contribution >= 4 is 27.5 Å². The second-order valence-electron chi connectivity index (χ2n) is 4.68. The Morgan fingerprint density at radius 3 is 2.71 bits per heavy atom. The molecular formula is C13H12BrF4NO2. The third-order valence-corrected chi connectivity index (χ3v) is 3.74. The molecule has 0 radical (unpaired) electrons. The zero-order valence-corrected chi connectivity index (χ0v) is 12.4. The number of fused-ring (bicyclic) bond motifs is 1. The third kappa shape index (κ3) is 4.41. The molecule has 2 rings (SSSR count). The minimum Gasteiger partial charge on any atom is -0.371 e. The van der Waals surface area contributed by atoms with Gasteiger partial charge in [0.2, 0.25) is 5.91 Å². The predicted molar refractivity (Wildman–Crippen MR) is 71.9 cm³/mol. The summed E-state index contributed by atoms with van der Waals surface area (Å²) < 4.78 is 54.5. The van der Waals surface area contributed by atoms with Gasteiger partial charge in [-0.05, 0) is 24.1 Å². The van der Waals surface area contributed by atoms with Crippen LogP contribution in [-0.4, -0.2) is 25.3 Å². The molecule has 0 aromatic heterocycles. The van der Waals surface area contributed by atoms with E-state index in [0.29, 0.717) is 18.5 Å². The topological polar surface area (TPSA) is 38.3 Å². The minimum atomic E-state index is -4.41. The molecule has 0 bridgehead atoms. The fraction of sp³-hybridized carbons (Fsp3) is 0.462. The van der Waals surface area contributed by atoms with E-state index in [-0.39, 0.29) is 18.1 Å². The van der Waals surface area contributed by atoms with Gasteiger partial charge in [-0.15, -0.1) is 0 Å². The van der Waals surface area contributed by atoms with Crippen LogP contribution < -0.4 is 5.32 Å². The van der Waals surface area contributed by atoms with Gasteiger partial charge in [0.15, 0.2) is 0 Å². The number of aryl methyl sites for hydroxylation is 1. The largest absolute Gasteiger partial charge is 0.411 e. The van der Waals surface area contributed by atoms with Gasteiger partial charge >= 0.3 is 6.18 Å². The zero-order valence-electron chi connectivity index (χ0n) is 10.8. The Labute approximate surface area is 126 Å². The van der Waals surface area contributed by atoms with Crippen molar-refractivity contribution in [2.24, 2.45) is 0 Å². The molecule has 3 nitrogen and oxygen atoms in total. The Balaban J connectivity index is 2.07. The molecule has 21 heavy (non-hydrogen) atoms. The molecular weight excluding hydrogens is 358 g/mol. The van der Waals surface area contributed by atoms with Crippen molar-refractivity contribution in [3.63, 3.8) is 0 Å². The number of hydrogen-bond donors (Lipinski definition) is 1. The SMILES string of the molecule is O=C1CCc2cc(C(Br)COCC(F)(F)F)c(F)cc2N1. The predicted octanol–water partition coefficient (Wildman–Crippen LogP) is 3.73. The second-order valence-corrected chi connectivity index (χ2v) is 5.78. The molecule has 1 aliphatic heterocycles. The van der Waals surface area contributed by atoms with Gasteiger partial charge in [-0.1, -0.05) is 15.9 Å². The van der Waals surface area contributed by atoms with Crippen LogP contribution in [-0.2, 0) is 16.0 Å². The number of benzene rings is 1. The van der Waals surface area contributed by atoms with Crippen molar-refractivity contribution in [3.05, 3.63) is 29.1 Å². The lowest BCUT2D eigenvalue weighted by atomic mass is 9.99. The van der Waals surface area contributed by atoms with Crippen LogP contribution in [0.3, 0.4) is 0 Å². The first-order chi connectivity index (χ1) is 9.76. The molecule has 0 spiro atoms. The number of nitrogens with one attached hydrogen (secondary N) is 1. The first-order valence-electron chi connectivity index (χ1n) is 6.17. The lowest BCUT2D eigenvalue weighted by Gasteiger charge is -2.20. The quantitative estimate of drug-likeness (QED) is 0.648. The highest BCUT2D eigenvalue weighted by Gasteiger charge is 2.28. The van der Waals surface area contributed by atoms with E-state index in [1.807, 2.05) is 0 Å². The van der Waals surface area contributed by atoms with Crippen LogP contribution in [0.1, 0.15) is 22.4 Å². The lowest BCUT2D eigenvalue weighted by Crippen LogP contribution is -2.20. The van der Waals surface area contributed by atoms with Crippen molar-refractivity contribution in [2.75, 3.05) is 18.5 Å². The lowest BCUT2D eigenvalue weighted by molar-refractivity contribution is -0.173. The van der Waals surface area contributed by atoms with Gasteiger partial charge in [0.1, 0.15) is 12.4 Å². The normalized spacial score (nSPS) is 16.3. The van der Waals surface area contributed by atoms with Gasteiger partial charge in [-0.25, -0.2) is 4.39 Å². The average Bonchev–Trinajstić information content (AvgIpc) is 2.36. The van der Waals surface area contributed by atoms with Gasteiger partial charge in [0.05, 0.1) is 11.4 Å². The minimum absolute atomic E-state index is 0.182. The Kier molecular flexibility index (Phi) is 4.88. The molecule has 0 fully saturated rings. The molecule has 1 heterocycles. The maximum absolute atomic E-state index is 14.0. The highest BCUT2D eigenvalue weighted by atomic mass is 79.9. The van der Waals surface area contributed by atoms with E-state index in [4.69, 9.17) is 0 Å². The van der Waals surface area contributed by atoms with E-state index in [1.54, 1.807) is 6.07 Å². The summed E-state index contributed by atoms with van der Waals surface area (Å²) >= 11 is 3.12. The average molecular weight is 370 g/mol. The maximum Gasteiger partial charge on any atom is 0.411 e. The van der Waals surface area contributed by atoms with Crippen LogP contribution in [0.4, 0.5) is 23.2 Å². The fourth-order valence-electron chi connectivity index (χ4n) is 2.03.